The normalized spacial score (nSPS) is 14.1. The Balaban J connectivity index is 2.05. The topological polar surface area (TPSA) is 38.9 Å². The van der Waals surface area contributed by atoms with Gasteiger partial charge in [0.1, 0.15) is 0 Å². The minimum absolute atomic E-state index is 0.413. The first-order valence-electron chi connectivity index (χ1n) is 6.83. The van der Waals surface area contributed by atoms with Gasteiger partial charge in [0, 0.05) is 23.3 Å². The first kappa shape index (κ1) is 12.8. The van der Waals surface area contributed by atoms with Crippen LogP contribution in [0.5, 0.6) is 0 Å². The lowest BCUT2D eigenvalue weighted by Crippen LogP contribution is -2.35. The molecule has 2 heteroatoms. The molecule has 3 rings (SSSR count). The van der Waals surface area contributed by atoms with Crippen molar-refractivity contribution in [2.45, 2.75) is 18.9 Å². The molecule has 0 aliphatic rings. The summed E-state index contributed by atoms with van der Waals surface area (Å²) in [6.45, 7) is 2.09. The Morgan fingerprint density at radius 1 is 1.00 bits per heavy atom. The number of rotatable bonds is 3. The molecule has 1 heterocycles. The van der Waals surface area contributed by atoms with Gasteiger partial charge in [0.15, 0.2) is 0 Å². The summed E-state index contributed by atoms with van der Waals surface area (Å²) in [6, 6.07) is 18.7. The van der Waals surface area contributed by atoms with Gasteiger partial charge in [0.2, 0.25) is 0 Å². The van der Waals surface area contributed by atoms with Gasteiger partial charge in [-0.05, 0) is 35.9 Å². The smallest absolute Gasteiger partial charge is 0.0428 e. The van der Waals surface area contributed by atoms with Gasteiger partial charge in [-0.15, -0.1) is 0 Å². The van der Waals surface area contributed by atoms with Crippen LogP contribution < -0.4 is 5.73 Å². The second-order valence-electron chi connectivity index (χ2n) is 5.48. The van der Waals surface area contributed by atoms with Crippen molar-refractivity contribution in [3.8, 4) is 0 Å². The van der Waals surface area contributed by atoms with Gasteiger partial charge in [-0.3, -0.25) is 4.98 Å². The summed E-state index contributed by atoms with van der Waals surface area (Å²) in [5, 5.41) is 2.32. The molecule has 0 saturated carbocycles. The van der Waals surface area contributed by atoms with Gasteiger partial charge in [0.05, 0.1) is 0 Å². The van der Waals surface area contributed by atoms with Crippen LogP contribution in [0, 0.1) is 0 Å². The quantitative estimate of drug-likeness (QED) is 0.782. The Labute approximate surface area is 119 Å². The fourth-order valence-corrected chi connectivity index (χ4v) is 2.73. The van der Waals surface area contributed by atoms with Gasteiger partial charge >= 0.3 is 0 Å². The zero-order chi connectivity index (χ0) is 14.0. The highest BCUT2D eigenvalue weighted by Crippen LogP contribution is 2.29. The number of aromatic nitrogens is 1. The van der Waals surface area contributed by atoms with E-state index in [0.717, 1.165) is 17.4 Å². The molecule has 100 valence electrons. The van der Waals surface area contributed by atoms with E-state index in [1.165, 1.54) is 10.9 Å². The molecule has 3 aromatic rings. The van der Waals surface area contributed by atoms with Crippen molar-refractivity contribution >= 4 is 10.8 Å². The van der Waals surface area contributed by atoms with Crippen molar-refractivity contribution in [3.05, 3.63) is 78.1 Å². The summed E-state index contributed by atoms with van der Waals surface area (Å²) in [5.41, 5.74) is 8.59. The van der Waals surface area contributed by atoms with Gasteiger partial charge in [-0.1, -0.05) is 48.5 Å². The summed E-state index contributed by atoms with van der Waals surface area (Å²) < 4.78 is 0. The highest BCUT2D eigenvalue weighted by molar-refractivity contribution is 5.85. The summed E-state index contributed by atoms with van der Waals surface area (Å²) in [4.78, 5) is 4.24. The third-order valence-electron chi connectivity index (χ3n) is 3.71. The standard InChI is InChI=1S/C18H18N2/c1-18(19,12-14-6-3-2-4-7-14)17-9-5-8-15-10-11-20-13-16(15)17/h2-11,13H,12,19H2,1H3. The predicted molar refractivity (Wildman–Crippen MR) is 83.4 cm³/mol. The average molecular weight is 262 g/mol. The maximum atomic E-state index is 6.61. The Hall–Kier alpha value is -2.19. The Kier molecular flexibility index (Phi) is 3.25. The zero-order valence-corrected chi connectivity index (χ0v) is 11.6. The minimum Gasteiger partial charge on any atom is -0.321 e. The molecular weight excluding hydrogens is 244 g/mol. The zero-order valence-electron chi connectivity index (χ0n) is 11.6. The second kappa shape index (κ2) is 5.06. The largest absolute Gasteiger partial charge is 0.321 e. The number of hydrogen-bond acceptors (Lipinski definition) is 2. The van der Waals surface area contributed by atoms with Crippen LogP contribution in [-0.4, -0.2) is 4.98 Å². The van der Waals surface area contributed by atoms with E-state index in [-0.39, 0.29) is 0 Å². The van der Waals surface area contributed by atoms with E-state index in [1.807, 2.05) is 24.5 Å². The average Bonchev–Trinajstić information content (AvgIpc) is 2.47. The van der Waals surface area contributed by atoms with Crippen LogP contribution in [0.15, 0.2) is 67.0 Å². The molecule has 0 aliphatic heterocycles. The molecule has 2 nitrogen and oxygen atoms in total. The SMILES string of the molecule is CC(N)(Cc1ccccc1)c1cccc2ccncc12. The summed E-state index contributed by atoms with van der Waals surface area (Å²) in [5.74, 6) is 0. The van der Waals surface area contributed by atoms with Gasteiger partial charge in [0.25, 0.3) is 0 Å². The van der Waals surface area contributed by atoms with Crippen molar-refractivity contribution in [1.29, 1.82) is 0 Å². The lowest BCUT2D eigenvalue weighted by molar-refractivity contribution is 0.496. The Morgan fingerprint density at radius 2 is 1.80 bits per heavy atom. The first-order chi connectivity index (χ1) is 9.67. The van der Waals surface area contributed by atoms with Crippen LogP contribution in [0.1, 0.15) is 18.1 Å². The van der Waals surface area contributed by atoms with E-state index in [2.05, 4.69) is 54.4 Å². The number of benzene rings is 2. The third kappa shape index (κ3) is 2.43. The molecule has 0 saturated heterocycles. The predicted octanol–water partition coefficient (Wildman–Crippen LogP) is 3.65. The highest BCUT2D eigenvalue weighted by Gasteiger charge is 2.23. The Morgan fingerprint density at radius 3 is 2.60 bits per heavy atom. The number of pyridine rings is 1. The van der Waals surface area contributed by atoms with E-state index in [1.54, 1.807) is 0 Å². The van der Waals surface area contributed by atoms with Gasteiger partial charge in [-0.25, -0.2) is 0 Å². The number of nitrogens with two attached hydrogens (primary N) is 1. The van der Waals surface area contributed by atoms with Crippen molar-refractivity contribution in [1.82, 2.24) is 4.98 Å². The van der Waals surface area contributed by atoms with Crippen LogP contribution in [0.3, 0.4) is 0 Å². The minimum atomic E-state index is -0.413. The van der Waals surface area contributed by atoms with E-state index in [4.69, 9.17) is 5.73 Å². The van der Waals surface area contributed by atoms with E-state index < -0.39 is 5.54 Å². The molecular formula is C18H18N2. The van der Waals surface area contributed by atoms with Gasteiger partial charge < -0.3 is 5.73 Å². The number of hydrogen-bond donors (Lipinski definition) is 1. The maximum Gasteiger partial charge on any atom is 0.0428 e. The van der Waals surface area contributed by atoms with E-state index >= 15 is 0 Å². The molecule has 0 amide bonds. The number of nitrogens with zero attached hydrogens (tertiary/aromatic N) is 1. The Bertz CT molecular complexity index is 712. The molecule has 2 aromatic carbocycles. The third-order valence-corrected chi connectivity index (χ3v) is 3.71. The maximum absolute atomic E-state index is 6.61. The highest BCUT2D eigenvalue weighted by atomic mass is 14.7. The molecule has 0 radical (unpaired) electrons. The fraction of sp³-hybridized carbons (Fsp3) is 0.167. The monoisotopic (exact) mass is 262 g/mol. The molecule has 2 N–H and O–H groups in total. The van der Waals surface area contributed by atoms with Crippen molar-refractivity contribution < 1.29 is 0 Å². The van der Waals surface area contributed by atoms with Gasteiger partial charge in [-0.2, -0.15) is 0 Å². The molecule has 0 aliphatic carbocycles. The first-order valence-corrected chi connectivity index (χ1v) is 6.83. The number of fused-ring (bicyclic) bond motifs is 1. The second-order valence-corrected chi connectivity index (χ2v) is 5.48. The van der Waals surface area contributed by atoms with Crippen LogP contribution in [-0.2, 0) is 12.0 Å². The molecule has 0 bridgehead atoms. The lowest BCUT2D eigenvalue weighted by atomic mass is 9.84. The molecule has 1 aromatic heterocycles. The van der Waals surface area contributed by atoms with Crippen LogP contribution in [0.2, 0.25) is 0 Å². The van der Waals surface area contributed by atoms with Crippen molar-refractivity contribution in [2.24, 2.45) is 5.73 Å². The van der Waals surface area contributed by atoms with Crippen LogP contribution >= 0.6 is 0 Å². The molecule has 20 heavy (non-hydrogen) atoms. The molecule has 0 spiro atoms. The van der Waals surface area contributed by atoms with Crippen molar-refractivity contribution in [2.75, 3.05) is 0 Å². The summed E-state index contributed by atoms with van der Waals surface area (Å²) in [7, 11) is 0. The van der Waals surface area contributed by atoms with Crippen molar-refractivity contribution in [3.63, 3.8) is 0 Å². The van der Waals surface area contributed by atoms with Crippen LogP contribution in [0.4, 0.5) is 0 Å². The molecule has 1 atom stereocenters. The molecule has 0 fully saturated rings. The van der Waals surface area contributed by atoms with E-state index in [9.17, 15) is 0 Å². The lowest BCUT2D eigenvalue weighted by Gasteiger charge is -2.27. The van der Waals surface area contributed by atoms with E-state index in [0.29, 0.717) is 0 Å². The molecule has 1 unspecified atom stereocenters. The fourth-order valence-electron chi connectivity index (χ4n) is 2.73. The van der Waals surface area contributed by atoms with Crippen LogP contribution in [0.25, 0.3) is 10.8 Å². The summed E-state index contributed by atoms with van der Waals surface area (Å²) >= 11 is 0. The summed E-state index contributed by atoms with van der Waals surface area (Å²) in [6.07, 6.45) is 4.53.